The van der Waals surface area contributed by atoms with Crippen LogP contribution in [0.15, 0.2) is 53.4 Å². The summed E-state index contributed by atoms with van der Waals surface area (Å²) in [7, 11) is 1.52. The monoisotopic (exact) mass is 337 g/mol. The van der Waals surface area contributed by atoms with Gasteiger partial charge in [-0.05, 0) is 23.8 Å². The minimum absolute atomic E-state index is 0.107. The van der Waals surface area contributed by atoms with E-state index in [4.69, 9.17) is 0 Å². The number of alkyl halides is 3. The minimum Gasteiger partial charge on any atom is -0.314 e. The lowest BCUT2D eigenvalue weighted by molar-refractivity contribution is -0.137. The topological polar surface area (TPSA) is 20.3 Å². The fourth-order valence-electron chi connectivity index (χ4n) is 2.53. The maximum absolute atomic E-state index is 12.9. The van der Waals surface area contributed by atoms with Crippen molar-refractivity contribution in [2.45, 2.75) is 22.7 Å². The van der Waals surface area contributed by atoms with E-state index in [1.54, 1.807) is 0 Å². The van der Waals surface area contributed by atoms with Crippen LogP contribution < -0.4 is 4.90 Å². The summed E-state index contributed by atoms with van der Waals surface area (Å²) in [5.41, 5.74) is 0.565. The largest absolute Gasteiger partial charge is 0.416 e. The van der Waals surface area contributed by atoms with Gasteiger partial charge in [-0.25, -0.2) is 0 Å². The van der Waals surface area contributed by atoms with Gasteiger partial charge in [0.1, 0.15) is 0 Å². The fourth-order valence-corrected chi connectivity index (χ4v) is 3.82. The Morgan fingerprint density at radius 2 is 1.83 bits per heavy atom. The number of amides is 1. The third kappa shape index (κ3) is 3.22. The Hall–Kier alpha value is -1.95. The molecule has 1 heterocycles. The number of fused-ring (bicyclic) bond motifs is 1. The van der Waals surface area contributed by atoms with Crippen molar-refractivity contribution in [3.63, 3.8) is 0 Å². The van der Waals surface area contributed by atoms with Crippen LogP contribution in [-0.2, 0) is 11.0 Å². The summed E-state index contributed by atoms with van der Waals surface area (Å²) < 4.78 is 38.7. The first kappa shape index (κ1) is 15.9. The molecule has 0 N–H and O–H groups in total. The molecule has 0 radical (unpaired) electrons. The zero-order valence-corrected chi connectivity index (χ0v) is 13.1. The molecule has 1 amide bonds. The molecule has 3 rings (SSSR count). The molecular formula is C17H14F3NOS. The van der Waals surface area contributed by atoms with Gasteiger partial charge in [0.15, 0.2) is 0 Å². The summed E-state index contributed by atoms with van der Waals surface area (Å²) in [6.45, 7) is 0. The van der Waals surface area contributed by atoms with Crippen LogP contribution in [0, 0.1) is 0 Å². The lowest BCUT2D eigenvalue weighted by atomic mass is 10.1. The van der Waals surface area contributed by atoms with Gasteiger partial charge < -0.3 is 4.90 Å². The van der Waals surface area contributed by atoms with E-state index in [1.807, 2.05) is 30.3 Å². The number of benzene rings is 2. The summed E-state index contributed by atoms with van der Waals surface area (Å²) in [6.07, 6.45) is -4.17. The van der Waals surface area contributed by atoms with Gasteiger partial charge in [-0.3, -0.25) is 4.79 Å². The molecule has 0 aliphatic carbocycles. The second-order valence-corrected chi connectivity index (χ2v) is 6.60. The van der Waals surface area contributed by atoms with Crippen molar-refractivity contribution in [1.82, 2.24) is 0 Å². The number of carbonyl (C=O) groups is 1. The van der Waals surface area contributed by atoms with E-state index in [0.29, 0.717) is 10.6 Å². The first-order valence-electron chi connectivity index (χ1n) is 7.05. The number of thioether (sulfide) groups is 1. The van der Waals surface area contributed by atoms with E-state index in [-0.39, 0.29) is 17.6 Å². The highest BCUT2D eigenvalue weighted by molar-refractivity contribution is 7.99. The first-order chi connectivity index (χ1) is 10.9. The van der Waals surface area contributed by atoms with Gasteiger partial charge in [0.2, 0.25) is 5.91 Å². The van der Waals surface area contributed by atoms with Crippen LogP contribution in [0.4, 0.5) is 18.9 Å². The Bertz CT molecular complexity index is 730. The van der Waals surface area contributed by atoms with Crippen LogP contribution in [0.25, 0.3) is 0 Å². The Kier molecular flexibility index (Phi) is 4.10. The molecular weight excluding hydrogens is 323 g/mol. The van der Waals surface area contributed by atoms with E-state index in [9.17, 15) is 18.0 Å². The van der Waals surface area contributed by atoms with Crippen LogP contribution in [0.2, 0.25) is 0 Å². The van der Waals surface area contributed by atoms with Crippen molar-refractivity contribution >= 4 is 23.4 Å². The molecule has 0 saturated heterocycles. The highest BCUT2D eigenvalue weighted by Gasteiger charge is 2.33. The van der Waals surface area contributed by atoms with E-state index in [0.717, 1.165) is 17.7 Å². The summed E-state index contributed by atoms with van der Waals surface area (Å²) in [5.74, 6) is -0.190. The van der Waals surface area contributed by atoms with Gasteiger partial charge in [-0.1, -0.05) is 30.3 Å². The van der Waals surface area contributed by atoms with Gasteiger partial charge in [0.05, 0.1) is 11.3 Å². The van der Waals surface area contributed by atoms with Crippen LogP contribution in [0.1, 0.15) is 22.8 Å². The predicted octanol–water partition coefficient (Wildman–Crippen LogP) is 4.91. The molecule has 0 fully saturated rings. The fraction of sp³-hybridized carbons (Fsp3) is 0.235. The van der Waals surface area contributed by atoms with E-state index in [2.05, 4.69) is 0 Å². The molecule has 1 aliphatic heterocycles. The SMILES string of the molecule is CN1C(=O)CC(c2ccccc2)Sc2ccc(C(F)(F)F)cc21. The molecule has 1 unspecified atom stereocenters. The highest BCUT2D eigenvalue weighted by Crippen LogP contribution is 2.46. The van der Waals surface area contributed by atoms with E-state index < -0.39 is 11.7 Å². The molecule has 2 aromatic rings. The number of carbonyl (C=O) groups excluding carboxylic acids is 1. The minimum atomic E-state index is -4.42. The van der Waals surface area contributed by atoms with Gasteiger partial charge in [0.25, 0.3) is 0 Å². The van der Waals surface area contributed by atoms with Gasteiger partial charge in [0, 0.05) is 23.6 Å². The van der Waals surface area contributed by atoms with Gasteiger partial charge in [-0.15, -0.1) is 11.8 Å². The molecule has 2 aromatic carbocycles. The highest BCUT2D eigenvalue weighted by atomic mass is 32.2. The van der Waals surface area contributed by atoms with Gasteiger partial charge in [-0.2, -0.15) is 13.2 Å². The average molecular weight is 337 g/mol. The second kappa shape index (κ2) is 5.92. The quantitative estimate of drug-likeness (QED) is 0.737. The first-order valence-corrected chi connectivity index (χ1v) is 7.93. The van der Waals surface area contributed by atoms with Crippen molar-refractivity contribution < 1.29 is 18.0 Å². The molecule has 0 saturated carbocycles. The maximum atomic E-state index is 12.9. The van der Waals surface area contributed by atoms with Crippen molar-refractivity contribution in [2.24, 2.45) is 0 Å². The molecule has 120 valence electrons. The molecule has 2 nitrogen and oxygen atoms in total. The Balaban J connectivity index is 2.03. The molecule has 1 atom stereocenters. The molecule has 0 aromatic heterocycles. The number of nitrogens with zero attached hydrogens (tertiary/aromatic N) is 1. The third-order valence-corrected chi connectivity index (χ3v) is 5.14. The second-order valence-electron chi connectivity index (χ2n) is 5.35. The number of hydrogen-bond acceptors (Lipinski definition) is 2. The number of rotatable bonds is 1. The van der Waals surface area contributed by atoms with Crippen molar-refractivity contribution in [1.29, 1.82) is 0 Å². The van der Waals surface area contributed by atoms with Crippen LogP contribution in [-0.4, -0.2) is 13.0 Å². The maximum Gasteiger partial charge on any atom is 0.416 e. The van der Waals surface area contributed by atoms with Crippen molar-refractivity contribution in [3.8, 4) is 0 Å². The predicted molar refractivity (Wildman–Crippen MR) is 84.5 cm³/mol. The smallest absolute Gasteiger partial charge is 0.314 e. The number of anilines is 1. The summed E-state index contributed by atoms with van der Waals surface area (Å²) in [5, 5.41) is -0.107. The van der Waals surface area contributed by atoms with Crippen LogP contribution in [0.5, 0.6) is 0 Å². The Morgan fingerprint density at radius 1 is 1.13 bits per heavy atom. The van der Waals surface area contributed by atoms with E-state index >= 15 is 0 Å². The number of halogens is 3. The molecule has 23 heavy (non-hydrogen) atoms. The van der Waals surface area contributed by atoms with Crippen LogP contribution in [0.3, 0.4) is 0 Å². The number of hydrogen-bond donors (Lipinski definition) is 0. The molecule has 1 aliphatic rings. The van der Waals surface area contributed by atoms with Gasteiger partial charge >= 0.3 is 6.18 Å². The average Bonchev–Trinajstić information content (AvgIpc) is 2.65. The lowest BCUT2D eigenvalue weighted by Crippen LogP contribution is -2.26. The summed E-state index contributed by atoms with van der Waals surface area (Å²) in [6, 6.07) is 13.1. The molecule has 6 heteroatoms. The lowest BCUT2D eigenvalue weighted by Gasteiger charge is -2.18. The zero-order valence-electron chi connectivity index (χ0n) is 12.3. The Morgan fingerprint density at radius 3 is 2.48 bits per heavy atom. The summed E-state index contributed by atoms with van der Waals surface area (Å²) >= 11 is 1.43. The summed E-state index contributed by atoms with van der Waals surface area (Å²) in [4.78, 5) is 14.4. The van der Waals surface area contributed by atoms with Crippen molar-refractivity contribution in [2.75, 3.05) is 11.9 Å². The normalized spacial score (nSPS) is 18.5. The third-order valence-electron chi connectivity index (χ3n) is 3.82. The zero-order chi connectivity index (χ0) is 16.6. The molecule has 0 spiro atoms. The Labute approximate surface area is 136 Å². The van der Waals surface area contributed by atoms with Crippen LogP contribution >= 0.6 is 11.8 Å². The van der Waals surface area contributed by atoms with Crippen molar-refractivity contribution in [3.05, 3.63) is 59.7 Å². The van der Waals surface area contributed by atoms with E-state index in [1.165, 1.54) is 29.8 Å². The molecule has 0 bridgehead atoms. The standard InChI is InChI=1S/C17H14F3NOS/c1-21-13-9-12(17(18,19)20)7-8-14(13)23-15(10-16(21)22)11-5-3-2-4-6-11/h2-9,15H,10H2,1H3.